The van der Waals surface area contributed by atoms with Gasteiger partial charge in [0.1, 0.15) is 6.10 Å². The topological polar surface area (TPSA) is 119 Å². The third kappa shape index (κ3) is 13.0. The van der Waals surface area contributed by atoms with Gasteiger partial charge < -0.3 is 24.4 Å². The highest BCUT2D eigenvalue weighted by atomic mass is 16.6. The van der Waals surface area contributed by atoms with Crippen molar-refractivity contribution in [3.8, 4) is 0 Å². The Morgan fingerprint density at radius 2 is 1.44 bits per heavy atom. The third-order valence-corrected chi connectivity index (χ3v) is 7.66. The van der Waals surface area contributed by atoms with Crippen LogP contribution in [-0.2, 0) is 30.2 Å². The van der Waals surface area contributed by atoms with Crippen LogP contribution in [0.4, 0.5) is 0 Å². The molecule has 0 spiro atoms. The fraction of sp³-hybridized carbons (Fsp3) is 0.606. The molecule has 0 radical (unpaired) electrons. The molecule has 2 rings (SSSR count). The molecule has 8 nitrogen and oxygen atoms in total. The number of hydrogen-bond acceptors (Lipinski definition) is 8. The molecule has 1 fully saturated rings. The van der Waals surface area contributed by atoms with E-state index < -0.39 is 25.2 Å². The summed E-state index contributed by atoms with van der Waals surface area (Å²) >= 11 is 0. The molecule has 1 saturated carbocycles. The fourth-order valence-electron chi connectivity index (χ4n) is 4.95. The minimum absolute atomic E-state index is 0.0357. The molecule has 0 amide bonds. The minimum atomic E-state index is -0.680. The molecule has 1 aliphatic carbocycles. The second-order valence-electron chi connectivity index (χ2n) is 11.1. The maximum absolute atomic E-state index is 12.6. The normalized spacial score (nSPS) is 16.7. The zero-order valence-corrected chi connectivity index (χ0v) is 24.6. The van der Waals surface area contributed by atoms with Crippen molar-refractivity contribution in [1.29, 1.82) is 0 Å². The summed E-state index contributed by atoms with van der Waals surface area (Å²) in [7, 11) is 0. The van der Waals surface area contributed by atoms with Crippen molar-refractivity contribution < 1.29 is 38.8 Å². The number of ether oxygens (including phenoxy) is 3. The SMILES string of the molecule is C=C(CO)C(=O)OCC(CCCCC1CCC(OC(=O)c2ccc(CCCCC)cc2)CC1)COC(=O)C(=C)CO. The van der Waals surface area contributed by atoms with E-state index in [-0.39, 0.29) is 42.4 Å². The monoisotopic (exact) mass is 572 g/mol. The molecule has 2 N–H and O–H groups in total. The molecule has 228 valence electrons. The van der Waals surface area contributed by atoms with Crippen LogP contribution in [-0.4, -0.2) is 60.7 Å². The van der Waals surface area contributed by atoms with Gasteiger partial charge in [-0.1, -0.05) is 64.3 Å². The van der Waals surface area contributed by atoms with Crippen LogP contribution in [0.5, 0.6) is 0 Å². The van der Waals surface area contributed by atoms with Gasteiger partial charge in [-0.05, 0) is 68.6 Å². The Balaban J connectivity index is 1.70. The average Bonchev–Trinajstić information content (AvgIpc) is 3.00. The van der Waals surface area contributed by atoms with Gasteiger partial charge in [-0.25, -0.2) is 14.4 Å². The Bertz CT molecular complexity index is 943. The van der Waals surface area contributed by atoms with Crippen LogP contribution >= 0.6 is 0 Å². The summed E-state index contributed by atoms with van der Waals surface area (Å²) < 4.78 is 16.2. The molecule has 0 aliphatic heterocycles. The number of unbranched alkanes of at least 4 members (excludes halogenated alkanes) is 3. The number of aryl methyl sites for hydroxylation is 1. The number of esters is 3. The molecule has 0 unspecified atom stereocenters. The Kier molecular flexibility index (Phi) is 16.0. The van der Waals surface area contributed by atoms with Crippen LogP contribution in [0.1, 0.15) is 93.5 Å². The molecular weight excluding hydrogens is 524 g/mol. The first-order chi connectivity index (χ1) is 19.8. The van der Waals surface area contributed by atoms with Crippen LogP contribution in [0.3, 0.4) is 0 Å². The summed E-state index contributed by atoms with van der Waals surface area (Å²) in [4.78, 5) is 36.4. The second kappa shape index (κ2) is 19.2. The van der Waals surface area contributed by atoms with Crippen LogP contribution < -0.4 is 0 Å². The van der Waals surface area contributed by atoms with E-state index in [2.05, 4.69) is 20.1 Å². The van der Waals surface area contributed by atoms with Crippen molar-refractivity contribution in [1.82, 2.24) is 0 Å². The zero-order valence-electron chi connectivity index (χ0n) is 24.6. The number of aliphatic hydroxyl groups is 2. The second-order valence-corrected chi connectivity index (χ2v) is 11.1. The number of benzene rings is 1. The summed E-state index contributed by atoms with van der Waals surface area (Å²) in [5.74, 6) is -1.25. The van der Waals surface area contributed by atoms with E-state index in [1.54, 1.807) is 0 Å². The maximum Gasteiger partial charge on any atom is 0.338 e. The summed E-state index contributed by atoms with van der Waals surface area (Å²) in [5.41, 5.74) is 1.79. The summed E-state index contributed by atoms with van der Waals surface area (Å²) in [5, 5.41) is 18.1. The molecule has 8 heteroatoms. The van der Waals surface area contributed by atoms with Crippen molar-refractivity contribution in [2.75, 3.05) is 26.4 Å². The predicted molar refractivity (Wildman–Crippen MR) is 157 cm³/mol. The number of hydrogen-bond donors (Lipinski definition) is 2. The van der Waals surface area contributed by atoms with E-state index in [4.69, 9.17) is 24.4 Å². The third-order valence-electron chi connectivity index (χ3n) is 7.66. The Hall–Kier alpha value is -2.97. The highest BCUT2D eigenvalue weighted by molar-refractivity contribution is 5.89. The number of aliphatic hydroxyl groups excluding tert-OH is 2. The van der Waals surface area contributed by atoms with Crippen LogP contribution in [0.25, 0.3) is 0 Å². The highest BCUT2D eigenvalue weighted by Crippen LogP contribution is 2.31. The molecule has 41 heavy (non-hydrogen) atoms. The van der Waals surface area contributed by atoms with Gasteiger partial charge in [-0.15, -0.1) is 0 Å². The smallest absolute Gasteiger partial charge is 0.338 e. The number of carbonyl (C=O) groups excluding carboxylic acids is 3. The standard InChI is InChI=1S/C33H48O8/c1-4-5-6-9-26-12-16-29(17-13-26)33(38)41-30-18-14-27(15-19-30)10-7-8-11-28(22-39-31(36)24(2)20-34)23-40-32(37)25(3)21-35/h12-13,16-17,27-28,30,34-35H,2-11,14-15,18-23H2,1H3. The van der Waals surface area contributed by atoms with Crippen LogP contribution in [0, 0.1) is 11.8 Å². The predicted octanol–water partition coefficient (Wildman–Crippen LogP) is 5.49. The van der Waals surface area contributed by atoms with Gasteiger partial charge in [0.15, 0.2) is 0 Å². The van der Waals surface area contributed by atoms with Crippen molar-refractivity contribution in [3.63, 3.8) is 0 Å². The first-order valence-corrected chi connectivity index (χ1v) is 15.0. The maximum atomic E-state index is 12.6. The molecule has 0 saturated heterocycles. The van der Waals surface area contributed by atoms with Crippen LogP contribution in [0.2, 0.25) is 0 Å². The van der Waals surface area contributed by atoms with E-state index in [9.17, 15) is 14.4 Å². The minimum Gasteiger partial charge on any atom is -0.462 e. The summed E-state index contributed by atoms with van der Waals surface area (Å²) in [6.07, 6.45) is 11.9. The fourth-order valence-corrected chi connectivity index (χ4v) is 4.95. The van der Waals surface area contributed by atoms with E-state index in [1.165, 1.54) is 24.8 Å². The van der Waals surface area contributed by atoms with Gasteiger partial charge in [-0.3, -0.25) is 0 Å². The lowest BCUT2D eigenvalue weighted by atomic mass is 9.84. The van der Waals surface area contributed by atoms with Crippen LogP contribution in [0.15, 0.2) is 48.6 Å². The van der Waals surface area contributed by atoms with E-state index in [1.807, 2.05) is 24.3 Å². The molecule has 0 heterocycles. The first kappa shape index (κ1) is 34.2. The average molecular weight is 573 g/mol. The number of carbonyl (C=O) groups is 3. The lowest BCUT2D eigenvalue weighted by Crippen LogP contribution is -2.25. The van der Waals surface area contributed by atoms with Gasteiger partial charge in [-0.2, -0.15) is 0 Å². The highest BCUT2D eigenvalue weighted by Gasteiger charge is 2.24. The summed E-state index contributed by atoms with van der Waals surface area (Å²) in [6, 6.07) is 7.80. The van der Waals surface area contributed by atoms with Gasteiger partial charge in [0.2, 0.25) is 0 Å². The Morgan fingerprint density at radius 1 is 0.854 bits per heavy atom. The van der Waals surface area contributed by atoms with Gasteiger partial charge >= 0.3 is 17.9 Å². The van der Waals surface area contributed by atoms with E-state index >= 15 is 0 Å². The van der Waals surface area contributed by atoms with Crippen molar-refractivity contribution in [3.05, 3.63) is 59.7 Å². The Morgan fingerprint density at radius 3 is 1.98 bits per heavy atom. The van der Waals surface area contributed by atoms with Crippen molar-refractivity contribution >= 4 is 17.9 Å². The lowest BCUT2D eigenvalue weighted by Gasteiger charge is -2.28. The van der Waals surface area contributed by atoms with Crippen molar-refractivity contribution in [2.45, 2.75) is 90.1 Å². The molecule has 0 atom stereocenters. The van der Waals surface area contributed by atoms with Gasteiger partial charge in [0.25, 0.3) is 0 Å². The quantitative estimate of drug-likeness (QED) is 0.0966. The van der Waals surface area contributed by atoms with E-state index in [0.717, 1.165) is 51.4 Å². The summed E-state index contributed by atoms with van der Waals surface area (Å²) in [6.45, 7) is 8.22. The largest absolute Gasteiger partial charge is 0.462 e. The molecule has 1 aromatic carbocycles. The van der Waals surface area contributed by atoms with E-state index in [0.29, 0.717) is 17.9 Å². The molecule has 0 bridgehead atoms. The molecular formula is C33H48O8. The lowest BCUT2D eigenvalue weighted by molar-refractivity contribution is -0.144. The Labute approximate surface area is 244 Å². The zero-order chi connectivity index (χ0) is 30.0. The molecule has 0 aromatic heterocycles. The van der Waals surface area contributed by atoms with Gasteiger partial charge in [0, 0.05) is 5.92 Å². The molecule has 1 aromatic rings. The number of rotatable bonds is 19. The molecule has 1 aliphatic rings. The van der Waals surface area contributed by atoms with Crippen molar-refractivity contribution in [2.24, 2.45) is 11.8 Å². The van der Waals surface area contributed by atoms with Gasteiger partial charge in [0.05, 0.1) is 43.1 Å². The first-order valence-electron chi connectivity index (χ1n) is 15.0.